The number of nitrogens with one attached hydrogen (secondary N) is 3. The number of carbonyl (C=O) groups excluding carboxylic acids is 4. The highest BCUT2D eigenvalue weighted by Crippen LogP contribution is 2.17. The lowest BCUT2D eigenvalue weighted by atomic mass is 9.98. The van der Waals surface area contributed by atoms with Crippen molar-refractivity contribution in [1.29, 1.82) is 0 Å². The second-order valence-corrected chi connectivity index (χ2v) is 9.27. The van der Waals surface area contributed by atoms with Crippen molar-refractivity contribution < 1.29 is 28.4 Å². The van der Waals surface area contributed by atoms with Crippen LogP contribution in [0.25, 0.3) is 0 Å². The fourth-order valence-corrected chi connectivity index (χ4v) is 4.16. The minimum Gasteiger partial charge on any atom is -0.458 e. The Morgan fingerprint density at radius 3 is 2.70 bits per heavy atom. The number of hydrogen-bond acceptors (Lipinski definition) is 8. The molecular formula is C28H29N5O7. The predicted octanol–water partition coefficient (Wildman–Crippen LogP) is 1.71. The number of nitrogens with zero attached hydrogens (tertiary/aromatic N) is 2. The van der Waals surface area contributed by atoms with Gasteiger partial charge in [-0.25, -0.2) is 4.79 Å². The molecule has 1 aliphatic heterocycles. The first kappa shape index (κ1) is 28.0. The highest BCUT2D eigenvalue weighted by Gasteiger charge is 2.27. The molecule has 3 N–H and O–H groups in total. The lowest BCUT2D eigenvalue weighted by molar-refractivity contribution is -0.139. The average molecular weight is 548 g/mol. The average Bonchev–Trinajstić information content (AvgIpc) is 3.56. The third-order valence-electron chi connectivity index (χ3n) is 6.18. The summed E-state index contributed by atoms with van der Waals surface area (Å²) in [6.07, 6.45) is 4.98. The van der Waals surface area contributed by atoms with E-state index in [4.69, 9.17) is 9.26 Å². The zero-order valence-corrected chi connectivity index (χ0v) is 21.8. The van der Waals surface area contributed by atoms with Gasteiger partial charge in [0.1, 0.15) is 24.6 Å². The molecule has 2 aromatic heterocycles. The number of pyridine rings is 1. The number of ether oxygens (including phenoxy) is 1. The summed E-state index contributed by atoms with van der Waals surface area (Å²) < 4.78 is 11.3. The Bertz CT molecular complexity index is 1460. The standard InChI is InChI=1S/C28H29N5O7/c1-18-14-23(32-40-18)27(37)31-22-8-5-13-33(28(22)38)16-24(34)30-21(15-20-11-12-29-26(20)36)9-10-25(35)39-17-19-6-3-2-4-7-19/h2-10,13-14,20-21H,11-12,15-17H2,1H3,(H,29,36)(H,30,34)(H,31,37)/b10-9+. The summed E-state index contributed by atoms with van der Waals surface area (Å²) in [6.45, 7) is 1.91. The molecule has 1 aliphatic rings. The van der Waals surface area contributed by atoms with Gasteiger partial charge in [0.05, 0.1) is 0 Å². The molecule has 0 spiro atoms. The maximum Gasteiger partial charge on any atom is 0.330 e. The molecule has 4 rings (SSSR count). The molecule has 0 saturated carbocycles. The van der Waals surface area contributed by atoms with Crippen LogP contribution >= 0.6 is 0 Å². The highest BCUT2D eigenvalue weighted by molar-refractivity contribution is 6.02. The molecule has 208 valence electrons. The second-order valence-electron chi connectivity index (χ2n) is 9.27. The summed E-state index contributed by atoms with van der Waals surface area (Å²) in [5.41, 5.74) is 0.203. The van der Waals surface area contributed by atoms with Gasteiger partial charge in [-0.15, -0.1) is 0 Å². The first-order chi connectivity index (χ1) is 19.3. The smallest absolute Gasteiger partial charge is 0.330 e. The van der Waals surface area contributed by atoms with E-state index < -0.39 is 29.4 Å². The van der Waals surface area contributed by atoms with Crippen molar-refractivity contribution in [3.05, 3.63) is 94.3 Å². The highest BCUT2D eigenvalue weighted by atomic mass is 16.5. The van der Waals surface area contributed by atoms with E-state index in [1.165, 1.54) is 36.5 Å². The van der Waals surface area contributed by atoms with Crippen molar-refractivity contribution in [1.82, 2.24) is 20.4 Å². The summed E-state index contributed by atoms with van der Waals surface area (Å²) in [4.78, 5) is 62.6. The van der Waals surface area contributed by atoms with E-state index in [2.05, 4.69) is 21.1 Å². The molecule has 2 unspecified atom stereocenters. The summed E-state index contributed by atoms with van der Waals surface area (Å²) in [7, 11) is 0. The third kappa shape index (κ3) is 7.76. The molecule has 3 aromatic rings. The normalized spacial score (nSPS) is 15.4. The molecule has 1 aromatic carbocycles. The van der Waals surface area contributed by atoms with Gasteiger partial charge in [-0.2, -0.15) is 0 Å². The van der Waals surface area contributed by atoms with Crippen molar-refractivity contribution in [2.45, 2.75) is 39.0 Å². The van der Waals surface area contributed by atoms with Crippen LogP contribution in [0.2, 0.25) is 0 Å². The summed E-state index contributed by atoms with van der Waals surface area (Å²) >= 11 is 0. The van der Waals surface area contributed by atoms with E-state index >= 15 is 0 Å². The van der Waals surface area contributed by atoms with Crippen molar-refractivity contribution in [2.75, 3.05) is 11.9 Å². The molecule has 3 heterocycles. The minimum absolute atomic E-state index is 0.0120. The number of carbonyl (C=O) groups is 4. The van der Waals surface area contributed by atoms with Crippen molar-refractivity contribution in [2.24, 2.45) is 5.92 Å². The van der Waals surface area contributed by atoms with Crippen LogP contribution in [0.5, 0.6) is 0 Å². The minimum atomic E-state index is -0.667. The van der Waals surface area contributed by atoms with Crippen LogP contribution in [-0.2, 0) is 32.3 Å². The largest absolute Gasteiger partial charge is 0.458 e. The molecule has 40 heavy (non-hydrogen) atoms. The summed E-state index contributed by atoms with van der Waals surface area (Å²) in [5.74, 6) is -1.77. The Kier molecular flexibility index (Phi) is 9.23. The van der Waals surface area contributed by atoms with Crippen LogP contribution in [0.1, 0.15) is 34.7 Å². The topological polar surface area (TPSA) is 162 Å². The van der Waals surface area contributed by atoms with Crippen molar-refractivity contribution >= 4 is 29.4 Å². The fraction of sp³-hybridized carbons (Fsp3) is 0.286. The van der Waals surface area contributed by atoms with Crippen LogP contribution in [0.15, 0.2) is 76.2 Å². The maximum atomic E-state index is 12.9. The zero-order chi connectivity index (χ0) is 28.5. The van der Waals surface area contributed by atoms with E-state index in [1.54, 1.807) is 6.92 Å². The Labute approximate surface area is 229 Å². The van der Waals surface area contributed by atoms with Gasteiger partial charge < -0.3 is 29.8 Å². The molecule has 2 atom stereocenters. The quantitative estimate of drug-likeness (QED) is 0.241. The number of rotatable bonds is 11. The Morgan fingerprint density at radius 2 is 2.00 bits per heavy atom. The Morgan fingerprint density at radius 1 is 1.20 bits per heavy atom. The van der Waals surface area contributed by atoms with E-state index in [-0.39, 0.29) is 42.8 Å². The first-order valence-corrected chi connectivity index (χ1v) is 12.7. The monoisotopic (exact) mass is 547 g/mol. The molecule has 12 heteroatoms. The molecular weight excluding hydrogens is 518 g/mol. The van der Waals surface area contributed by atoms with Gasteiger partial charge in [0.15, 0.2) is 5.69 Å². The summed E-state index contributed by atoms with van der Waals surface area (Å²) in [5, 5.41) is 11.6. The molecule has 12 nitrogen and oxygen atoms in total. The van der Waals surface area contributed by atoms with Gasteiger partial charge >= 0.3 is 5.97 Å². The second kappa shape index (κ2) is 13.2. The Balaban J connectivity index is 1.40. The molecule has 1 saturated heterocycles. The van der Waals surface area contributed by atoms with Crippen molar-refractivity contribution in [3.8, 4) is 0 Å². The number of anilines is 1. The number of aryl methyl sites for hydroxylation is 1. The molecule has 3 amide bonds. The molecule has 0 radical (unpaired) electrons. The van der Waals surface area contributed by atoms with Gasteiger partial charge in [0, 0.05) is 36.8 Å². The zero-order valence-electron chi connectivity index (χ0n) is 21.8. The van der Waals surface area contributed by atoms with Crippen LogP contribution in [0, 0.1) is 12.8 Å². The fourth-order valence-electron chi connectivity index (χ4n) is 4.16. The van der Waals surface area contributed by atoms with E-state index in [9.17, 15) is 24.0 Å². The molecule has 1 fully saturated rings. The summed E-state index contributed by atoms with van der Waals surface area (Å²) in [6, 6.07) is 12.9. The number of amides is 3. The third-order valence-corrected chi connectivity index (χ3v) is 6.18. The Hall–Kier alpha value is -5.00. The van der Waals surface area contributed by atoms with Gasteiger partial charge in [0.2, 0.25) is 11.8 Å². The number of aromatic nitrogens is 2. The van der Waals surface area contributed by atoms with E-state index in [0.29, 0.717) is 18.7 Å². The lowest BCUT2D eigenvalue weighted by Gasteiger charge is -2.18. The van der Waals surface area contributed by atoms with E-state index in [0.717, 1.165) is 10.1 Å². The number of esters is 1. The van der Waals surface area contributed by atoms with Gasteiger partial charge in [-0.1, -0.05) is 41.6 Å². The SMILES string of the molecule is Cc1cc(C(=O)Nc2cccn(CC(=O)NC(/C=C/C(=O)OCc3ccccc3)CC3CCNC3=O)c2=O)no1. The van der Waals surface area contributed by atoms with Gasteiger partial charge in [0.25, 0.3) is 11.5 Å². The lowest BCUT2D eigenvalue weighted by Crippen LogP contribution is -2.40. The van der Waals surface area contributed by atoms with Crippen LogP contribution in [0.4, 0.5) is 5.69 Å². The van der Waals surface area contributed by atoms with Gasteiger partial charge in [-0.05, 0) is 37.5 Å². The van der Waals surface area contributed by atoms with Gasteiger partial charge in [-0.3, -0.25) is 19.2 Å². The predicted molar refractivity (Wildman–Crippen MR) is 143 cm³/mol. The number of hydrogen-bond donors (Lipinski definition) is 3. The number of benzene rings is 1. The molecule has 0 aliphatic carbocycles. The first-order valence-electron chi connectivity index (χ1n) is 12.7. The van der Waals surface area contributed by atoms with Crippen LogP contribution in [-0.4, -0.2) is 46.0 Å². The van der Waals surface area contributed by atoms with Crippen LogP contribution < -0.4 is 21.5 Å². The molecule has 0 bridgehead atoms. The van der Waals surface area contributed by atoms with E-state index in [1.807, 2.05) is 30.3 Å². The maximum absolute atomic E-state index is 12.9. The van der Waals surface area contributed by atoms with Crippen LogP contribution in [0.3, 0.4) is 0 Å². The van der Waals surface area contributed by atoms with Crippen molar-refractivity contribution in [3.63, 3.8) is 0 Å².